The van der Waals surface area contributed by atoms with Crippen molar-refractivity contribution in [3.63, 3.8) is 0 Å². The summed E-state index contributed by atoms with van der Waals surface area (Å²) in [4.78, 5) is 18.1. The van der Waals surface area contributed by atoms with Gasteiger partial charge in [-0.3, -0.25) is 4.79 Å². The number of hydrogen-bond acceptors (Lipinski definition) is 5. The van der Waals surface area contributed by atoms with Crippen molar-refractivity contribution in [2.45, 2.75) is 18.1 Å². The number of anilines is 1. The second-order valence-corrected chi connectivity index (χ2v) is 8.01. The van der Waals surface area contributed by atoms with Crippen molar-refractivity contribution < 1.29 is 18.0 Å². The summed E-state index contributed by atoms with van der Waals surface area (Å²) in [5, 5.41) is 10.3. The smallest absolute Gasteiger partial charge is 0.321 e. The highest BCUT2D eigenvalue weighted by atomic mass is 35.5. The fourth-order valence-electron chi connectivity index (χ4n) is 3.38. The van der Waals surface area contributed by atoms with Crippen LogP contribution in [-0.2, 0) is 4.79 Å². The van der Waals surface area contributed by atoms with Crippen LogP contribution in [0.25, 0.3) is 11.4 Å². The van der Waals surface area contributed by atoms with E-state index >= 15 is 0 Å². The lowest BCUT2D eigenvalue weighted by molar-refractivity contribution is -0.168. The predicted molar refractivity (Wildman–Crippen MR) is 118 cm³/mol. The summed E-state index contributed by atoms with van der Waals surface area (Å²) in [6, 6.07) is 9.21. The molecule has 1 unspecified atom stereocenters. The molecular weight excluding hydrogens is 480 g/mol. The molecule has 0 aliphatic heterocycles. The Morgan fingerprint density at radius 3 is 2.42 bits per heavy atom. The number of hydrogen-bond donors (Lipinski definition) is 2. The maximum Gasteiger partial charge on any atom is 0.410 e. The zero-order chi connectivity index (χ0) is 23.8. The van der Waals surface area contributed by atoms with Gasteiger partial charge in [0.15, 0.2) is 5.82 Å². The molecule has 0 radical (unpaired) electrons. The number of carbonyl (C=O) groups is 1. The van der Waals surface area contributed by atoms with Crippen LogP contribution < -0.4 is 11.1 Å². The van der Waals surface area contributed by atoms with E-state index in [4.69, 9.17) is 28.9 Å². The number of nitrogens with one attached hydrogen (secondary N) is 1. The largest absolute Gasteiger partial charge is 0.410 e. The number of allylic oxidation sites excluding steroid dienone is 2. The molecule has 4 rings (SSSR count). The van der Waals surface area contributed by atoms with Gasteiger partial charge in [0.05, 0.1) is 29.3 Å². The third-order valence-electron chi connectivity index (χ3n) is 5.05. The number of alkyl halides is 3. The minimum absolute atomic E-state index is 0.113. The molecule has 0 spiro atoms. The van der Waals surface area contributed by atoms with Crippen molar-refractivity contribution in [1.29, 1.82) is 0 Å². The van der Waals surface area contributed by atoms with Crippen molar-refractivity contribution in [3.8, 4) is 5.82 Å². The molecule has 3 N–H and O–H groups in total. The van der Waals surface area contributed by atoms with E-state index < -0.39 is 24.0 Å². The molecule has 7 nitrogen and oxygen atoms in total. The number of pyridine rings is 1. The second-order valence-electron chi connectivity index (χ2n) is 7.20. The Morgan fingerprint density at radius 1 is 1.15 bits per heavy atom. The molecule has 2 heterocycles. The van der Waals surface area contributed by atoms with Crippen molar-refractivity contribution >= 4 is 40.4 Å². The van der Waals surface area contributed by atoms with Crippen LogP contribution >= 0.6 is 23.2 Å². The van der Waals surface area contributed by atoms with Crippen LogP contribution in [0.4, 0.5) is 18.9 Å². The van der Waals surface area contributed by atoms with E-state index in [-0.39, 0.29) is 38.3 Å². The van der Waals surface area contributed by atoms with Crippen LogP contribution in [0.3, 0.4) is 0 Å². The molecule has 1 atom stereocenters. The number of nitrogens with two attached hydrogens (primary N) is 1. The molecule has 1 aliphatic rings. The number of carbonyl (C=O) groups excluding carboxylic acids is 1. The summed E-state index contributed by atoms with van der Waals surface area (Å²) >= 11 is 12.4. The predicted octanol–water partition coefficient (Wildman–Crippen LogP) is 4.49. The molecule has 170 valence electrons. The van der Waals surface area contributed by atoms with E-state index in [2.05, 4.69) is 20.5 Å². The molecular formula is C21H15Cl2F3N6O. The van der Waals surface area contributed by atoms with E-state index in [1.54, 1.807) is 18.2 Å². The topological polar surface area (TPSA) is 98.7 Å². The third kappa shape index (κ3) is 4.37. The molecule has 0 fully saturated rings. The number of benzene rings is 1. The SMILES string of the molecule is NC1(C(F)(F)F)CC(C(=O)Nc2cnc(-n3nccn3)c(Cl)c2)=C(Cl)C=C1c1ccccc1. The number of amides is 1. The molecule has 0 saturated carbocycles. The third-order valence-corrected chi connectivity index (χ3v) is 5.66. The average molecular weight is 495 g/mol. The van der Waals surface area contributed by atoms with Crippen molar-refractivity contribution in [1.82, 2.24) is 20.0 Å². The Labute approximate surface area is 195 Å². The number of aromatic nitrogens is 4. The summed E-state index contributed by atoms with van der Waals surface area (Å²) < 4.78 is 42.2. The summed E-state index contributed by atoms with van der Waals surface area (Å²) in [6.45, 7) is 0. The first-order valence-corrected chi connectivity index (χ1v) is 10.2. The zero-order valence-corrected chi connectivity index (χ0v) is 18.2. The fraction of sp³-hybridized carbons (Fsp3) is 0.143. The summed E-state index contributed by atoms with van der Waals surface area (Å²) in [5.41, 5.74) is 2.93. The molecule has 3 aromatic rings. The van der Waals surface area contributed by atoms with Gasteiger partial charge in [-0.2, -0.15) is 23.4 Å². The maximum absolute atomic E-state index is 14.1. The fourth-order valence-corrected chi connectivity index (χ4v) is 3.88. The molecule has 1 aliphatic carbocycles. The standard InChI is InChI=1S/C21H15Cl2F3N6O/c22-16-9-15(12-4-2-1-3-5-12)20(27,21(24,25)26)10-14(16)19(33)31-13-8-17(23)18(28-11-13)32-29-6-7-30-32/h1-9,11H,10,27H2,(H,31,33). The van der Waals surface area contributed by atoms with Gasteiger partial charge < -0.3 is 11.1 Å². The highest BCUT2D eigenvalue weighted by molar-refractivity contribution is 6.35. The van der Waals surface area contributed by atoms with Crippen LogP contribution in [0, 0.1) is 0 Å². The van der Waals surface area contributed by atoms with Crippen LogP contribution in [0.1, 0.15) is 12.0 Å². The van der Waals surface area contributed by atoms with Crippen LogP contribution in [0.15, 0.2) is 71.7 Å². The van der Waals surface area contributed by atoms with Gasteiger partial charge in [-0.05, 0) is 23.3 Å². The van der Waals surface area contributed by atoms with E-state index in [1.165, 1.54) is 41.6 Å². The maximum atomic E-state index is 14.1. The monoisotopic (exact) mass is 494 g/mol. The molecule has 1 amide bonds. The molecule has 2 aromatic heterocycles. The van der Waals surface area contributed by atoms with Gasteiger partial charge in [0.25, 0.3) is 5.91 Å². The van der Waals surface area contributed by atoms with Gasteiger partial charge in [0.2, 0.25) is 0 Å². The van der Waals surface area contributed by atoms with E-state index in [0.717, 1.165) is 6.08 Å². The number of halogens is 5. The van der Waals surface area contributed by atoms with Gasteiger partial charge in [0.1, 0.15) is 5.54 Å². The Morgan fingerprint density at radius 2 is 1.82 bits per heavy atom. The number of nitrogens with zero attached hydrogens (tertiary/aromatic N) is 4. The first-order valence-electron chi connectivity index (χ1n) is 9.45. The van der Waals surface area contributed by atoms with E-state index in [1.807, 2.05) is 0 Å². The van der Waals surface area contributed by atoms with Crippen molar-refractivity contribution in [2.24, 2.45) is 5.73 Å². The van der Waals surface area contributed by atoms with Gasteiger partial charge in [-0.1, -0.05) is 53.5 Å². The van der Waals surface area contributed by atoms with Gasteiger partial charge in [0, 0.05) is 17.0 Å². The average Bonchev–Trinajstić information content (AvgIpc) is 3.29. The quantitative estimate of drug-likeness (QED) is 0.556. The summed E-state index contributed by atoms with van der Waals surface area (Å²) in [5.74, 6) is -0.645. The molecule has 0 bridgehead atoms. The zero-order valence-electron chi connectivity index (χ0n) is 16.6. The lowest BCUT2D eigenvalue weighted by Crippen LogP contribution is -2.56. The van der Waals surface area contributed by atoms with Crippen molar-refractivity contribution in [2.75, 3.05) is 5.32 Å². The van der Waals surface area contributed by atoms with Crippen molar-refractivity contribution in [3.05, 3.63) is 82.3 Å². The second kappa shape index (κ2) is 8.62. The summed E-state index contributed by atoms with van der Waals surface area (Å²) in [6.07, 6.45) is -0.477. The minimum Gasteiger partial charge on any atom is -0.321 e. The Balaban J connectivity index is 1.66. The molecule has 33 heavy (non-hydrogen) atoms. The van der Waals surface area contributed by atoms with Crippen LogP contribution in [0.5, 0.6) is 0 Å². The van der Waals surface area contributed by atoms with Crippen LogP contribution in [-0.4, -0.2) is 37.6 Å². The summed E-state index contributed by atoms with van der Waals surface area (Å²) in [7, 11) is 0. The van der Waals surface area contributed by atoms with E-state index in [9.17, 15) is 18.0 Å². The first-order chi connectivity index (χ1) is 15.6. The van der Waals surface area contributed by atoms with Gasteiger partial charge in [-0.15, -0.1) is 4.80 Å². The minimum atomic E-state index is -4.85. The Bertz CT molecular complexity index is 1260. The Hall–Kier alpha value is -3.21. The molecule has 0 saturated heterocycles. The lowest BCUT2D eigenvalue weighted by Gasteiger charge is -2.37. The Kier molecular flexibility index (Phi) is 6.00. The normalized spacial score (nSPS) is 18.8. The van der Waals surface area contributed by atoms with Crippen LogP contribution in [0.2, 0.25) is 5.02 Å². The number of rotatable bonds is 4. The van der Waals surface area contributed by atoms with Gasteiger partial charge in [-0.25, -0.2) is 4.98 Å². The van der Waals surface area contributed by atoms with E-state index in [0.29, 0.717) is 0 Å². The first kappa shape index (κ1) is 23.0. The highest BCUT2D eigenvalue weighted by Crippen LogP contribution is 2.47. The molecule has 12 heteroatoms. The lowest BCUT2D eigenvalue weighted by atomic mass is 9.76. The highest BCUT2D eigenvalue weighted by Gasteiger charge is 2.56. The molecule has 1 aromatic carbocycles. The van der Waals surface area contributed by atoms with Gasteiger partial charge >= 0.3 is 6.18 Å².